The molecule has 0 fully saturated rings. The first-order valence-electron chi connectivity index (χ1n) is 4.85. The summed E-state index contributed by atoms with van der Waals surface area (Å²) in [5, 5.41) is 9.63. The number of aromatic nitrogens is 1. The number of carbonyl (C=O) groups is 1. The number of ether oxygens (including phenoxy) is 1. The van der Waals surface area contributed by atoms with Crippen LogP contribution in [0.15, 0.2) is 30.3 Å². The van der Waals surface area contributed by atoms with E-state index in [2.05, 4.69) is 4.98 Å². The summed E-state index contributed by atoms with van der Waals surface area (Å²) in [5.41, 5.74) is 1.23. The van der Waals surface area contributed by atoms with Crippen molar-refractivity contribution in [1.29, 1.82) is 0 Å². The predicted molar refractivity (Wildman–Crippen MR) is 59.6 cm³/mol. The molecule has 0 bridgehead atoms. The normalized spacial score (nSPS) is 10.3. The third kappa shape index (κ3) is 1.95. The summed E-state index contributed by atoms with van der Waals surface area (Å²) in [7, 11) is 1.57. The van der Waals surface area contributed by atoms with Crippen molar-refractivity contribution in [1.82, 2.24) is 4.98 Å². The van der Waals surface area contributed by atoms with Crippen LogP contribution in [0.2, 0.25) is 0 Å². The fourth-order valence-electron chi connectivity index (χ4n) is 1.58. The first-order valence-corrected chi connectivity index (χ1v) is 4.85. The number of methoxy groups -OCH3 is 1. The Kier molecular flexibility index (Phi) is 2.72. The molecule has 16 heavy (non-hydrogen) atoms. The SMILES string of the molecule is COc1cccc2ccc(CC(=O)O)nc12. The van der Waals surface area contributed by atoms with Gasteiger partial charge >= 0.3 is 5.97 Å². The maximum atomic E-state index is 10.6. The molecule has 0 amide bonds. The molecule has 0 saturated heterocycles. The number of benzene rings is 1. The highest BCUT2D eigenvalue weighted by Crippen LogP contribution is 2.23. The Morgan fingerprint density at radius 1 is 1.38 bits per heavy atom. The molecule has 1 heterocycles. The number of rotatable bonds is 3. The molecule has 2 rings (SSSR count). The van der Waals surface area contributed by atoms with Gasteiger partial charge in [0.25, 0.3) is 0 Å². The Morgan fingerprint density at radius 2 is 2.19 bits per heavy atom. The minimum absolute atomic E-state index is 0.0754. The van der Waals surface area contributed by atoms with Crippen molar-refractivity contribution in [2.75, 3.05) is 7.11 Å². The van der Waals surface area contributed by atoms with Crippen molar-refractivity contribution in [3.63, 3.8) is 0 Å². The van der Waals surface area contributed by atoms with Crippen molar-refractivity contribution in [3.05, 3.63) is 36.0 Å². The minimum atomic E-state index is -0.887. The van der Waals surface area contributed by atoms with Crippen LogP contribution in [-0.4, -0.2) is 23.2 Å². The first-order chi connectivity index (χ1) is 7.70. The van der Waals surface area contributed by atoms with Crippen LogP contribution in [0.25, 0.3) is 10.9 Å². The van der Waals surface area contributed by atoms with Crippen LogP contribution in [0.1, 0.15) is 5.69 Å². The number of para-hydroxylation sites is 1. The molecule has 1 aromatic heterocycles. The molecule has 4 nitrogen and oxygen atoms in total. The number of carboxylic acid groups (broad SMARTS) is 1. The quantitative estimate of drug-likeness (QED) is 0.852. The second-order valence-corrected chi connectivity index (χ2v) is 3.41. The Labute approximate surface area is 92.5 Å². The lowest BCUT2D eigenvalue weighted by Gasteiger charge is -2.05. The number of hydrogen-bond acceptors (Lipinski definition) is 3. The van der Waals surface area contributed by atoms with Crippen LogP contribution in [0.3, 0.4) is 0 Å². The Bertz CT molecular complexity index is 537. The molecule has 1 aromatic carbocycles. The molecule has 1 N–H and O–H groups in total. The summed E-state index contributed by atoms with van der Waals surface area (Å²) >= 11 is 0. The van der Waals surface area contributed by atoms with E-state index in [1.54, 1.807) is 19.2 Å². The Hall–Kier alpha value is -2.10. The number of hydrogen-bond donors (Lipinski definition) is 1. The Morgan fingerprint density at radius 3 is 2.88 bits per heavy atom. The van der Waals surface area contributed by atoms with Crippen LogP contribution in [-0.2, 0) is 11.2 Å². The molecular formula is C12H11NO3. The van der Waals surface area contributed by atoms with Crippen LogP contribution in [0.4, 0.5) is 0 Å². The van der Waals surface area contributed by atoms with Crippen molar-refractivity contribution in [3.8, 4) is 5.75 Å². The van der Waals surface area contributed by atoms with E-state index in [4.69, 9.17) is 9.84 Å². The zero-order valence-electron chi connectivity index (χ0n) is 8.80. The maximum absolute atomic E-state index is 10.6. The standard InChI is InChI=1S/C12H11NO3/c1-16-10-4-2-3-8-5-6-9(7-11(14)15)13-12(8)10/h2-6H,7H2,1H3,(H,14,15). The van der Waals surface area contributed by atoms with Crippen molar-refractivity contribution in [2.24, 2.45) is 0 Å². The van der Waals surface area contributed by atoms with E-state index >= 15 is 0 Å². The summed E-state index contributed by atoms with van der Waals surface area (Å²) in [6.07, 6.45) is -0.0754. The largest absolute Gasteiger partial charge is 0.494 e. The van der Waals surface area contributed by atoms with Crippen LogP contribution in [0, 0.1) is 0 Å². The van der Waals surface area contributed by atoms with Gasteiger partial charge in [0, 0.05) is 5.39 Å². The monoisotopic (exact) mass is 217 g/mol. The number of pyridine rings is 1. The third-order valence-corrected chi connectivity index (χ3v) is 2.29. The van der Waals surface area contributed by atoms with E-state index in [9.17, 15) is 4.79 Å². The topological polar surface area (TPSA) is 59.4 Å². The van der Waals surface area contributed by atoms with Gasteiger partial charge in [0.2, 0.25) is 0 Å². The Balaban J connectivity index is 2.54. The minimum Gasteiger partial charge on any atom is -0.494 e. The summed E-state index contributed by atoms with van der Waals surface area (Å²) in [6.45, 7) is 0. The highest BCUT2D eigenvalue weighted by molar-refractivity contribution is 5.85. The van der Waals surface area contributed by atoms with Gasteiger partial charge in [-0.2, -0.15) is 0 Å². The number of fused-ring (bicyclic) bond motifs is 1. The zero-order chi connectivity index (χ0) is 11.5. The average molecular weight is 217 g/mol. The zero-order valence-corrected chi connectivity index (χ0v) is 8.80. The summed E-state index contributed by atoms with van der Waals surface area (Å²) in [4.78, 5) is 14.9. The van der Waals surface area contributed by atoms with Crippen molar-refractivity contribution >= 4 is 16.9 Å². The highest BCUT2D eigenvalue weighted by Gasteiger charge is 2.06. The van der Waals surface area contributed by atoms with Gasteiger partial charge in [-0.1, -0.05) is 18.2 Å². The maximum Gasteiger partial charge on any atom is 0.309 e. The van der Waals surface area contributed by atoms with Gasteiger partial charge in [-0.15, -0.1) is 0 Å². The van der Waals surface area contributed by atoms with Gasteiger partial charge in [0.15, 0.2) is 0 Å². The summed E-state index contributed by atoms with van der Waals surface area (Å²) in [6, 6.07) is 9.16. The van der Waals surface area contributed by atoms with Gasteiger partial charge in [-0.3, -0.25) is 4.79 Å². The lowest BCUT2D eigenvalue weighted by atomic mass is 10.1. The molecule has 0 aliphatic rings. The second-order valence-electron chi connectivity index (χ2n) is 3.41. The van der Waals surface area contributed by atoms with E-state index < -0.39 is 5.97 Å². The second kappa shape index (κ2) is 4.18. The molecule has 0 aliphatic carbocycles. The molecular weight excluding hydrogens is 206 g/mol. The summed E-state index contributed by atoms with van der Waals surface area (Å²) < 4.78 is 5.18. The predicted octanol–water partition coefficient (Wildman–Crippen LogP) is 1.87. The molecule has 4 heteroatoms. The van der Waals surface area contributed by atoms with Crippen LogP contribution >= 0.6 is 0 Å². The average Bonchev–Trinajstić information content (AvgIpc) is 2.27. The molecule has 0 atom stereocenters. The molecule has 2 aromatic rings. The lowest BCUT2D eigenvalue weighted by Crippen LogP contribution is -2.02. The van der Waals surface area contributed by atoms with Crippen LogP contribution < -0.4 is 4.74 Å². The fraction of sp³-hybridized carbons (Fsp3) is 0.167. The lowest BCUT2D eigenvalue weighted by molar-refractivity contribution is -0.136. The van der Waals surface area contributed by atoms with Gasteiger partial charge in [-0.25, -0.2) is 4.98 Å². The highest BCUT2D eigenvalue weighted by atomic mass is 16.5. The van der Waals surface area contributed by atoms with Gasteiger partial charge in [0.1, 0.15) is 11.3 Å². The molecule has 0 spiro atoms. The smallest absolute Gasteiger partial charge is 0.309 e. The molecule has 0 radical (unpaired) electrons. The van der Waals surface area contributed by atoms with E-state index in [-0.39, 0.29) is 6.42 Å². The van der Waals surface area contributed by atoms with Crippen molar-refractivity contribution < 1.29 is 14.6 Å². The van der Waals surface area contributed by atoms with E-state index in [0.717, 1.165) is 5.39 Å². The first kappa shape index (κ1) is 10.4. The number of aliphatic carboxylic acids is 1. The molecule has 0 aliphatic heterocycles. The summed E-state index contributed by atoms with van der Waals surface area (Å²) in [5.74, 6) is -0.230. The fourth-order valence-corrected chi connectivity index (χ4v) is 1.58. The molecule has 0 unspecified atom stereocenters. The number of carboxylic acids is 1. The van der Waals surface area contributed by atoms with Crippen LogP contribution in [0.5, 0.6) is 5.75 Å². The molecule has 0 saturated carbocycles. The van der Waals surface area contributed by atoms with E-state index in [0.29, 0.717) is 17.0 Å². The van der Waals surface area contributed by atoms with Gasteiger partial charge < -0.3 is 9.84 Å². The van der Waals surface area contributed by atoms with E-state index in [1.165, 1.54) is 0 Å². The molecule has 82 valence electrons. The van der Waals surface area contributed by atoms with E-state index in [1.807, 2.05) is 18.2 Å². The third-order valence-electron chi connectivity index (χ3n) is 2.29. The van der Waals surface area contributed by atoms with Gasteiger partial charge in [-0.05, 0) is 12.1 Å². The van der Waals surface area contributed by atoms with Crippen molar-refractivity contribution in [2.45, 2.75) is 6.42 Å². The van der Waals surface area contributed by atoms with Gasteiger partial charge in [0.05, 0.1) is 19.2 Å². The number of nitrogens with zero attached hydrogens (tertiary/aromatic N) is 1.